The Balaban J connectivity index is 1.95. The molecule has 1 aliphatic rings. The van der Waals surface area contributed by atoms with Crippen molar-refractivity contribution < 1.29 is 14.3 Å². The van der Waals surface area contributed by atoms with E-state index in [1.165, 1.54) is 6.08 Å². The molecule has 88 valence electrons. The third kappa shape index (κ3) is 3.28. The van der Waals surface area contributed by atoms with Gasteiger partial charge < -0.3 is 4.74 Å². The number of carbonyl (C=O) groups is 2. The normalized spacial score (nSPS) is 14.5. The minimum atomic E-state index is -0.592. The molecule has 0 radical (unpaired) electrons. The Morgan fingerprint density at radius 2 is 1.71 bits per heavy atom. The van der Waals surface area contributed by atoms with Crippen molar-refractivity contribution >= 4 is 11.9 Å². The van der Waals surface area contributed by atoms with Gasteiger partial charge in [0.05, 0.1) is 5.56 Å². The number of esters is 2. The molecule has 17 heavy (non-hydrogen) atoms. The predicted molar refractivity (Wildman–Crippen MR) is 63.4 cm³/mol. The van der Waals surface area contributed by atoms with Crippen LogP contribution in [0, 0.1) is 0 Å². The number of hydrogen-bond acceptors (Lipinski definition) is 3. The largest absolute Gasteiger partial charge is 0.386 e. The van der Waals surface area contributed by atoms with Crippen molar-refractivity contribution in [1.29, 1.82) is 0 Å². The third-order valence-corrected chi connectivity index (χ3v) is 2.77. The van der Waals surface area contributed by atoms with Crippen LogP contribution in [0.3, 0.4) is 0 Å². The van der Waals surface area contributed by atoms with Crippen molar-refractivity contribution in [1.82, 2.24) is 0 Å². The molecule has 3 nitrogen and oxygen atoms in total. The van der Waals surface area contributed by atoms with Crippen LogP contribution in [0.15, 0.2) is 42.0 Å². The van der Waals surface area contributed by atoms with Gasteiger partial charge in [0.25, 0.3) is 0 Å². The van der Waals surface area contributed by atoms with E-state index in [2.05, 4.69) is 0 Å². The molecule has 0 aromatic heterocycles. The van der Waals surface area contributed by atoms with E-state index in [0.29, 0.717) is 5.56 Å². The van der Waals surface area contributed by atoms with Gasteiger partial charge in [-0.3, -0.25) is 0 Å². The van der Waals surface area contributed by atoms with Gasteiger partial charge in [-0.05, 0) is 37.8 Å². The molecular formula is C14H14O3. The molecule has 1 fully saturated rings. The SMILES string of the molecule is O=C(C=C1CCCC1)OC(=O)c1ccccc1. The summed E-state index contributed by atoms with van der Waals surface area (Å²) in [7, 11) is 0. The maximum atomic E-state index is 11.6. The zero-order valence-electron chi connectivity index (χ0n) is 9.52. The summed E-state index contributed by atoms with van der Waals surface area (Å²) < 4.78 is 4.74. The average molecular weight is 230 g/mol. The number of benzene rings is 1. The van der Waals surface area contributed by atoms with Gasteiger partial charge in [-0.15, -0.1) is 0 Å². The molecule has 3 heteroatoms. The van der Waals surface area contributed by atoms with Crippen molar-refractivity contribution in [2.45, 2.75) is 25.7 Å². The summed E-state index contributed by atoms with van der Waals surface area (Å²) in [6.07, 6.45) is 5.56. The maximum Gasteiger partial charge on any atom is 0.346 e. The van der Waals surface area contributed by atoms with E-state index in [9.17, 15) is 9.59 Å². The molecule has 0 saturated heterocycles. The average Bonchev–Trinajstić information content (AvgIpc) is 2.82. The van der Waals surface area contributed by atoms with Crippen LogP contribution >= 0.6 is 0 Å². The summed E-state index contributed by atoms with van der Waals surface area (Å²) in [5.41, 5.74) is 1.47. The summed E-state index contributed by atoms with van der Waals surface area (Å²) in [4.78, 5) is 23.0. The number of hydrogen-bond donors (Lipinski definition) is 0. The van der Waals surface area contributed by atoms with Crippen LogP contribution in [0.2, 0.25) is 0 Å². The molecule has 0 unspecified atom stereocenters. The highest BCUT2D eigenvalue weighted by Crippen LogP contribution is 2.23. The minimum Gasteiger partial charge on any atom is -0.386 e. The number of carbonyl (C=O) groups excluding carboxylic acids is 2. The number of ether oxygens (including phenoxy) is 1. The number of rotatable bonds is 2. The molecule has 0 aliphatic heterocycles. The third-order valence-electron chi connectivity index (χ3n) is 2.77. The Hall–Kier alpha value is -1.90. The second-order valence-electron chi connectivity index (χ2n) is 4.08. The van der Waals surface area contributed by atoms with Crippen LogP contribution in [0.25, 0.3) is 0 Å². The molecular weight excluding hydrogens is 216 g/mol. The first kappa shape index (κ1) is 11.6. The molecule has 0 spiro atoms. The molecule has 1 aromatic carbocycles. The molecule has 0 N–H and O–H groups in total. The Bertz CT molecular complexity index is 438. The number of allylic oxidation sites excluding steroid dienone is 1. The Morgan fingerprint density at radius 3 is 2.35 bits per heavy atom. The van der Waals surface area contributed by atoms with Gasteiger partial charge >= 0.3 is 11.9 Å². The smallest absolute Gasteiger partial charge is 0.346 e. The fourth-order valence-electron chi connectivity index (χ4n) is 1.89. The first-order valence-electron chi connectivity index (χ1n) is 5.76. The fraction of sp³-hybridized carbons (Fsp3) is 0.286. The van der Waals surface area contributed by atoms with Gasteiger partial charge in [0, 0.05) is 6.08 Å². The summed E-state index contributed by atoms with van der Waals surface area (Å²) in [6, 6.07) is 8.52. The minimum absolute atomic E-state index is 0.394. The first-order valence-corrected chi connectivity index (χ1v) is 5.76. The van der Waals surface area contributed by atoms with Crippen molar-refractivity contribution in [2.24, 2.45) is 0 Å². The quantitative estimate of drug-likeness (QED) is 0.445. The topological polar surface area (TPSA) is 43.4 Å². The van der Waals surface area contributed by atoms with Gasteiger partial charge in [0.2, 0.25) is 0 Å². The monoisotopic (exact) mass is 230 g/mol. The van der Waals surface area contributed by atoms with Crippen molar-refractivity contribution in [3.05, 3.63) is 47.5 Å². The van der Waals surface area contributed by atoms with Crippen LogP contribution in [-0.2, 0) is 9.53 Å². The molecule has 1 saturated carbocycles. The first-order chi connectivity index (χ1) is 8.25. The molecule has 0 amide bonds. The summed E-state index contributed by atoms with van der Waals surface area (Å²) in [5.74, 6) is -1.15. The molecule has 0 heterocycles. The molecule has 1 aromatic rings. The van der Waals surface area contributed by atoms with Gasteiger partial charge in [0.1, 0.15) is 0 Å². The Kier molecular flexibility index (Phi) is 3.70. The van der Waals surface area contributed by atoms with Gasteiger partial charge in [-0.25, -0.2) is 9.59 Å². The van der Waals surface area contributed by atoms with Crippen LogP contribution in [0.5, 0.6) is 0 Å². The fourth-order valence-corrected chi connectivity index (χ4v) is 1.89. The van der Waals surface area contributed by atoms with Crippen molar-refractivity contribution in [2.75, 3.05) is 0 Å². The molecule has 1 aliphatic carbocycles. The van der Waals surface area contributed by atoms with Gasteiger partial charge in [0.15, 0.2) is 0 Å². The maximum absolute atomic E-state index is 11.6. The summed E-state index contributed by atoms with van der Waals surface area (Å²) >= 11 is 0. The van der Waals surface area contributed by atoms with E-state index in [1.54, 1.807) is 30.3 Å². The highest BCUT2D eigenvalue weighted by atomic mass is 16.6. The van der Waals surface area contributed by atoms with Gasteiger partial charge in [-0.2, -0.15) is 0 Å². The lowest BCUT2D eigenvalue weighted by molar-refractivity contribution is -0.132. The lowest BCUT2D eigenvalue weighted by Gasteiger charge is -2.00. The zero-order chi connectivity index (χ0) is 12.1. The van der Waals surface area contributed by atoms with E-state index in [1.807, 2.05) is 0 Å². The molecule has 2 rings (SSSR count). The zero-order valence-corrected chi connectivity index (χ0v) is 9.52. The Labute approximate surface area is 100 Å². The summed E-state index contributed by atoms with van der Waals surface area (Å²) in [5, 5.41) is 0. The second kappa shape index (κ2) is 5.43. The van der Waals surface area contributed by atoms with E-state index < -0.39 is 11.9 Å². The standard InChI is InChI=1S/C14H14O3/c15-13(10-11-6-4-5-7-11)17-14(16)12-8-2-1-3-9-12/h1-3,8-10H,4-7H2. The lowest BCUT2D eigenvalue weighted by atomic mass is 10.2. The van der Waals surface area contributed by atoms with Gasteiger partial charge in [-0.1, -0.05) is 23.8 Å². The molecule has 0 bridgehead atoms. The summed E-state index contributed by atoms with van der Waals surface area (Å²) in [6.45, 7) is 0. The highest BCUT2D eigenvalue weighted by Gasteiger charge is 2.13. The predicted octanol–water partition coefficient (Wildman–Crippen LogP) is 2.87. The highest BCUT2D eigenvalue weighted by molar-refractivity contribution is 6.00. The second-order valence-corrected chi connectivity index (χ2v) is 4.08. The van der Waals surface area contributed by atoms with Crippen LogP contribution < -0.4 is 0 Å². The lowest BCUT2D eigenvalue weighted by Crippen LogP contribution is -2.10. The van der Waals surface area contributed by atoms with Crippen LogP contribution in [-0.4, -0.2) is 11.9 Å². The van der Waals surface area contributed by atoms with Crippen LogP contribution in [0.1, 0.15) is 36.0 Å². The van der Waals surface area contributed by atoms with Crippen LogP contribution in [0.4, 0.5) is 0 Å². The van der Waals surface area contributed by atoms with Crippen molar-refractivity contribution in [3.8, 4) is 0 Å². The van der Waals surface area contributed by atoms with E-state index >= 15 is 0 Å². The molecule has 0 atom stereocenters. The van der Waals surface area contributed by atoms with E-state index in [4.69, 9.17) is 4.74 Å². The van der Waals surface area contributed by atoms with E-state index in [0.717, 1.165) is 31.3 Å². The van der Waals surface area contributed by atoms with E-state index in [-0.39, 0.29) is 0 Å². The van der Waals surface area contributed by atoms with Crippen molar-refractivity contribution in [3.63, 3.8) is 0 Å². The Morgan fingerprint density at radius 1 is 1.06 bits per heavy atom.